The molecule has 0 aliphatic rings. The first-order chi connectivity index (χ1) is 4.36. The van der Waals surface area contributed by atoms with Gasteiger partial charge in [0.15, 0.2) is 0 Å². The molecule has 0 spiro atoms. The molecule has 0 N–H and O–H groups in total. The Balaban J connectivity index is 4.00. The van der Waals surface area contributed by atoms with Crippen molar-refractivity contribution in [2.24, 2.45) is 5.41 Å². The molecule has 10 heavy (non-hydrogen) atoms. The zero-order valence-electron chi connectivity index (χ0n) is 6.94. The molecule has 0 aromatic carbocycles. The molecular formula is C7H14ClNO. The molecule has 60 valence electrons. The average Bonchev–Trinajstić information content (AvgIpc) is 1.60. The number of nitrogens with zero attached hydrogens (tertiary/aromatic N) is 1. The third-order valence-electron chi connectivity index (χ3n) is 1.24. The van der Waals surface area contributed by atoms with Crippen LogP contribution in [0, 0.1) is 5.41 Å². The van der Waals surface area contributed by atoms with E-state index in [-0.39, 0.29) is 5.24 Å². The quantitative estimate of drug-likeness (QED) is 0.586. The third kappa shape index (κ3) is 3.18. The minimum absolute atomic E-state index is 0.277. The summed E-state index contributed by atoms with van der Waals surface area (Å²) in [6, 6.07) is 0. The van der Waals surface area contributed by atoms with Gasteiger partial charge in [0.05, 0.1) is 5.41 Å². The monoisotopic (exact) mass is 163 g/mol. The molecule has 0 aromatic heterocycles. The van der Waals surface area contributed by atoms with E-state index >= 15 is 0 Å². The van der Waals surface area contributed by atoms with Gasteiger partial charge >= 0.3 is 0 Å². The number of rotatable bonds is 3. The summed E-state index contributed by atoms with van der Waals surface area (Å²) in [6.07, 6.45) is 0. The van der Waals surface area contributed by atoms with Crippen LogP contribution in [0.25, 0.3) is 0 Å². The number of halogens is 1. The van der Waals surface area contributed by atoms with Gasteiger partial charge in [-0.25, -0.2) is 0 Å². The van der Waals surface area contributed by atoms with Gasteiger partial charge in [-0.2, -0.15) is 0 Å². The Labute approximate surface area is 67.2 Å². The van der Waals surface area contributed by atoms with E-state index in [1.807, 2.05) is 32.8 Å². The highest BCUT2D eigenvalue weighted by Crippen LogP contribution is 2.18. The van der Waals surface area contributed by atoms with Gasteiger partial charge in [0.2, 0.25) is 5.24 Å². The zero-order valence-corrected chi connectivity index (χ0v) is 7.70. The maximum atomic E-state index is 10.7. The molecule has 0 aliphatic carbocycles. The van der Waals surface area contributed by atoms with Gasteiger partial charge in [0, 0.05) is 6.54 Å². The molecule has 0 fully saturated rings. The second kappa shape index (κ2) is 3.35. The Morgan fingerprint density at radius 1 is 1.50 bits per heavy atom. The second-order valence-corrected chi connectivity index (χ2v) is 3.74. The van der Waals surface area contributed by atoms with E-state index in [2.05, 4.69) is 0 Å². The van der Waals surface area contributed by atoms with Crippen LogP contribution in [0.2, 0.25) is 0 Å². The average molecular weight is 164 g/mol. The Morgan fingerprint density at radius 2 is 1.90 bits per heavy atom. The van der Waals surface area contributed by atoms with Gasteiger partial charge in [-0.15, -0.1) is 0 Å². The topological polar surface area (TPSA) is 20.3 Å². The molecule has 0 amide bonds. The van der Waals surface area contributed by atoms with Gasteiger partial charge in [-0.3, -0.25) is 4.79 Å². The summed E-state index contributed by atoms with van der Waals surface area (Å²) >= 11 is 5.35. The van der Waals surface area contributed by atoms with Crippen LogP contribution in [-0.2, 0) is 4.79 Å². The lowest BCUT2D eigenvalue weighted by Crippen LogP contribution is -2.33. The minimum atomic E-state index is -0.426. The number of hydrogen-bond donors (Lipinski definition) is 0. The fraction of sp³-hybridized carbons (Fsp3) is 0.857. The number of carbonyl (C=O) groups excluding carboxylic acids is 1. The predicted molar refractivity (Wildman–Crippen MR) is 43.2 cm³/mol. The summed E-state index contributed by atoms with van der Waals surface area (Å²) in [5, 5.41) is -0.277. The smallest absolute Gasteiger partial charge is 0.228 e. The van der Waals surface area contributed by atoms with Gasteiger partial charge in [0.1, 0.15) is 0 Å². The molecule has 0 atom stereocenters. The fourth-order valence-corrected chi connectivity index (χ4v) is 0.912. The Hall–Kier alpha value is -0.0800. The van der Waals surface area contributed by atoms with Crippen LogP contribution in [0.4, 0.5) is 0 Å². The van der Waals surface area contributed by atoms with Crippen LogP contribution < -0.4 is 0 Å². The predicted octanol–water partition coefficient (Wildman–Crippen LogP) is 1.34. The molecule has 0 unspecified atom stereocenters. The fourth-order valence-electron chi connectivity index (χ4n) is 0.853. The van der Waals surface area contributed by atoms with Crippen LogP contribution in [0.3, 0.4) is 0 Å². The van der Waals surface area contributed by atoms with E-state index in [1.165, 1.54) is 0 Å². The lowest BCUT2D eigenvalue weighted by atomic mass is 9.95. The molecule has 0 bridgehead atoms. The summed E-state index contributed by atoms with van der Waals surface area (Å²) in [7, 11) is 3.84. The maximum Gasteiger partial charge on any atom is 0.228 e. The lowest BCUT2D eigenvalue weighted by molar-refractivity contribution is -0.119. The van der Waals surface area contributed by atoms with Crippen LogP contribution in [0.15, 0.2) is 0 Å². The first kappa shape index (κ1) is 9.92. The molecule has 0 aliphatic heterocycles. The Kier molecular flexibility index (Phi) is 3.33. The summed E-state index contributed by atoms with van der Waals surface area (Å²) in [5.74, 6) is 0. The highest BCUT2D eigenvalue weighted by molar-refractivity contribution is 6.64. The number of hydrogen-bond acceptors (Lipinski definition) is 2. The minimum Gasteiger partial charge on any atom is -0.308 e. The SMILES string of the molecule is CN(C)CC(C)(C)C(=O)Cl. The van der Waals surface area contributed by atoms with Gasteiger partial charge in [-0.05, 0) is 25.7 Å². The van der Waals surface area contributed by atoms with Crippen molar-refractivity contribution in [3.63, 3.8) is 0 Å². The van der Waals surface area contributed by atoms with E-state index in [9.17, 15) is 4.79 Å². The largest absolute Gasteiger partial charge is 0.308 e. The summed E-state index contributed by atoms with van der Waals surface area (Å²) in [5.41, 5.74) is -0.426. The van der Waals surface area contributed by atoms with E-state index in [0.29, 0.717) is 6.54 Å². The zero-order chi connectivity index (χ0) is 8.36. The highest BCUT2D eigenvalue weighted by atomic mass is 35.5. The van der Waals surface area contributed by atoms with Gasteiger partial charge in [0.25, 0.3) is 0 Å². The van der Waals surface area contributed by atoms with E-state index in [0.717, 1.165) is 0 Å². The van der Waals surface area contributed by atoms with Crippen LogP contribution in [-0.4, -0.2) is 30.8 Å². The summed E-state index contributed by atoms with van der Waals surface area (Å²) in [6.45, 7) is 4.36. The highest BCUT2D eigenvalue weighted by Gasteiger charge is 2.25. The molecule has 0 saturated heterocycles. The van der Waals surface area contributed by atoms with Crippen molar-refractivity contribution in [2.45, 2.75) is 13.8 Å². The third-order valence-corrected chi connectivity index (χ3v) is 1.76. The first-order valence-corrected chi connectivity index (χ1v) is 3.59. The lowest BCUT2D eigenvalue weighted by Gasteiger charge is -2.23. The maximum absolute atomic E-state index is 10.7. The molecule has 3 heteroatoms. The summed E-state index contributed by atoms with van der Waals surface area (Å²) in [4.78, 5) is 12.7. The normalized spacial score (nSPS) is 12.2. The first-order valence-electron chi connectivity index (χ1n) is 3.21. The number of carbonyl (C=O) groups is 1. The molecule has 0 aromatic rings. The van der Waals surface area contributed by atoms with Crippen molar-refractivity contribution in [2.75, 3.05) is 20.6 Å². The second-order valence-electron chi connectivity index (χ2n) is 3.40. The standard InChI is InChI=1S/C7H14ClNO/c1-7(2,6(8)10)5-9(3)4/h5H2,1-4H3. The molecule has 2 nitrogen and oxygen atoms in total. The van der Waals surface area contributed by atoms with Crippen molar-refractivity contribution < 1.29 is 4.79 Å². The van der Waals surface area contributed by atoms with Gasteiger partial charge < -0.3 is 4.90 Å². The van der Waals surface area contributed by atoms with Crippen molar-refractivity contribution in [3.8, 4) is 0 Å². The van der Waals surface area contributed by atoms with Crippen LogP contribution in [0.1, 0.15) is 13.8 Å². The van der Waals surface area contributed by atoms with Gasteiger partial charge in [-0.1, -0.05) is 13.8 Å². The van der Waals surface area contributed by atoms with Crippen molar-refractivity contribution in [3.05, 3.63) is 0 Å². The van der Waals surface area contributed by atoms with Crippen molar-refractivity contribution >= 4 is 16.8 Å². The van der Waals surface area contributed by atoms with Crippen LogP contribution in [0.5, 0.6) is 0 Å². The van der Waals surface area contributed by atoms with Crippen molar-refractivity contribution in [1.82, 2.24) is 4.90 Å². The molecule has 0 radical (unpaired) electrons. The molecular weight excluding hydrogens is 150 g/mol. The summed E-state index contributed by atoms with van der Waals surface area (Å²) < 4.78 is 0. The van der Waals surface area contributed by atoms with Crippen LogP contribution >= 0.6 is 11.6 Å². The van der Waals surface area contributed by atoms with Crippen molar-refractivity contribution in [1.29, 1.82) is 0 Å². The Bertz CT molecular complexity index is 132. The Morgan fingerprint density at radius 3 is 2.00 bits per heavy atom. The molecule has 0 saturated carbocycles. The van der Waals surface area contributed by atoms with E-state index in [4.69, 9.17) is 11.6 Å². The van der Waals surface area contributed by atoms with E-state index < -0.39 is 5.41 Å². The molecule has 0 rings (SSSR count). The molecule has 0 heterocycles. The van der Waals surface area contributed by atoms with E-state index in [1.54, 1.807) is 0 Å².